The molecule has 1 aromatic carbocycles. The van der Waals surface area contributed by atoms with Gasteiger partial charge in [0.05, 0.1) is 0 Å². The second-order valence-corrected chi connectivity index (χ2v) is 4.69. The van der Waals surface area contributed by atoms with E-state index < -0.39 is 0 Å². The summed E-state index contributed by atoms with van der Waals surface area (Å²) in [5.41, 5.74) is 6.71. The average Bonchev–Trinajstić information content (AvgIpc) is 2.28. The van der Waals surface area contributed by atoms with Crippen molar-refractivity contribution >= 4 is 27.5 Å². The lowest BCUT2D eigenvalue weighted by Crippen LogP contribution is -2.29. The lowest BCUT2D eigenvalue weighted by atomic mass is 10.1. The average molecular weight is 302 g/mol. The van der Waals surface area contributed by atoms with Crippen LogP contribution in [-0.4, -0.2) is 13.1 Å². The van der Waals surface area contributed by atoms with Gasteiger partial charge in [0.1, 0.15) is 0 Å². The summed E-state index contributed by atoms with van der Waals surface area (Å²) < 4.78 is 0.990. The summed E-state index contributed by atoms with van der Waals surface area (Å²) in [4.78, 5) is 0. The summed E-state index contributed by atoms with van der Waals surface area (Å²) in [6.45, 7) is 1.22. The highest BCUT2D eigenvalue weighted by molar-refractivity contribution is 9.10. The largest absolute Gasteiger partial charge is 0.329 e. The van der Waals surface area contributed by atoms with Gasteiger partial charge < -0.3 is 11.1 Å². The number of terminal acetylenes is 1. The fourth-order valence-corrected chi connectivity index (χ4v) is 2.05. The second-order valence-electron chi connectivity index (χ2n) is 3.36. The molecule has 1 atom stereocenters. The molecule has 0 amide bonds. The first-order valence-corrected chi connectivity index (χ1v) is 6.18. The zero-order valence-corrected chi connectivity index (χ0v) is 11.2. The van der Waals surface area contributed by atoms with E-state index in [2.05, 4.69) is 27.2 Å². The van der Waals surface area contributed by atoms with Gasteiger partial charge in [-0.25, -0.2) is 0 Å². The molecule has 0 aromatic heterocycles. The lowest BCUT2D eigenvalue weighted by Gasteiger charge is -2.18. The Balaban J connectivity index is 2.78. The van der Waals surface area contributed by atoms with Crippen LogP contribution in [0.3, 0.4) is 0 Å². The number of halogens is 2. The van der Waals surface area contributed by atoms with Crippen LogP contribution >= 0.6 is 27.5 Å². The maximum Gasteiger partial charge on any atom is 0.0460 e. The number of nitrogens with two attached hydrogens (primary N) is 1. The summed E-state index contributed by atoms with van der Waals surface area (Å²) in [5.74, 6) is 2.58. The normalized spacial score (nSPS) is 12.1. The topological polar surface area (TPSA) is 38.0 Å². The molecule has 0 radical (unpaired) electrons. The van der Waals surface area contributed by atoms with E-state index in [-0.39, 0.29) is 6.04 Å². The van der Waals surface area contributed by atoms with Gasteiger partial charge in [0.15, 0.2) is 0 Å². The van der Waals surface area contributed by atoms with Crippen molar-refractivity contribution < 1.29 is 0 Å². The Morgan fingerprint density at radius 1 is 1.56 bits per heavy atom. The molecular formula is C12H14BrClN2. The van der Waals surface area contributed by atoms with Crippen LogP contribution in [0.25, 0.3) is 0 Å². The van der Waals surface area contributed by atoms with Crippen molar-refractivity contribution in [3.05, 3.63) is 33.3 Å². The van der Waals surface area contributed by atoms with E-state index in [1.807, 2.05) is 18.2 Å². The highest BCUT2D eigenvalue weighted by atomic mass is 79.9. The molecule has 0 saturated heterocycles. The van der Waals surface area contributed by atoms with Gasteiger partial charge in [0.2, 0.25) is 0 Å². The summed E-state index contributed by atoms with van der Waals surface area (Å²) in [7, 11) is 0. The zero-order chi connectivity index (χ0) is 12.0. The summed E-state index contributed by atoms with van der Waals surface area (Å²) in [5, 5.41) is 4.00. The quantitative estimate of drug-likeness (QED) is 0.648. The van der Waals surface area contributed by atoms with Gasteiger partial charge in [-0.3, -0.25) is 0 Å². The molecule has 0 heterocycles. The fourth-order valence-electron chi connectivity index (χ4n) is 1.42. The summed E-state index contributed by atoms with van der Waals surface area (Å²) in [6, 6.07) is 5.77. The van der Waals surface area contributed by atoms with Gasteiger partial charge in [-0.2, -0.15) is 0 Å². The van der Waals surface area contributed by atoms with Gasteiger partial charge in [0, 0.05) is 35.0 Å². The minimum absolute atomic E-state index is 0.0401. The minimum Gasteiger partial charge on any atom is -0.329 e. The van der Waals surface area contributed by atoms with Crippen molar-refractivity contribution in [1.82, 2.24) is 5.32 Å². The molecule has 4 heteroatoms. The van der Waals surface area contributed by atoms with Crippen molar-refractivity contribution in [3.8, 4) is 12.3 Å². The highest BCUT2D eigenvalue weighted by Gasteiger charge is 2.12. The molecular weight excluding hydrogens is 288 g/mol. The Labute approximate surface area is 110 Å². The van der Waals surface area contributed by atoms with Crippen LogP contribution in [0, 0.1) is 12.3 Å². The Hall–Kier alpha value is -0.530. The minimum atomic E-state index is 0.0401. The molecule has 0 aliphatic carbocycles. The van der Waals surface area contributed by atoms with Crippen LogP contribution in [0.15, 0.2) is 22.7 Å². The van der Waals surface area contributed by atoms with E-state index in [1.165, 1.54) is 0 Å². The molecule has 0 saturated carbocycles. The van der Waals surface area contributed by atoms with E-state index in [0.717, 1.165) is 16.6 Å². The van der Waals surface area contributed by atoms with Crippen molar-refractivity contribution in [2.75, 3.05) is 13.1 Å². The monoisotopic (exact) mass is 300 g/mol. The maximum atomic E-state index is 6.13. The second kappa shape index (κ2) is 6.93. The zero-order valence-electron chi connectivity index (χ0n) is 8.84. The summed E-state index contributed by atoms with van der Waals surface area (Å²) in [6.07, 6.45) is 5.88. The van der Waals surface area contributed by atoms with Crippen molar-refractivity contribution in [2.24, 2.45) is 5.73 Å². The van der Waals surface area contributed by atoms with Crippen molar-refractivity contribution in [1.29, 1.82) is 0 Å². The van der Waals surface area contributed by atoms with Gasteiger partial charge >= 0.3 is 0 Å². The van der Waals surface area contributed by atoms with Crippen molar-refractivity contribution in [3.63, 3.8) is 0 Å². The van der Waals surface area contributed by atoms with Crippen LogP contribution in [0.1, 0.15) is 18.0 Å². The maximum absolute atomic E-state index is 6.13. The predicted octanol–water partition coefficient (Wildman–Crippen LogP) is 2.72. The third-order valence-corrected chi connectivity index (χ3v) is 3.07. The Morgan fingerprint density at radius 2 is 2.31 bits per heavy atom. The standard InChI is InChI=1S/C12H14BrClN2/c1-2-3-6-16-12(8-15)10-7-9(13)4-5-11(10)14/h1,4-5,7,12,16H,3,6,8,15H2. The lowest BCUT2D eigenvalue weighted by molar-refractivity contribution is 0.550. The number of hydrogen-bond donors (Lipinski definition) is 2. The molecule has 0 bridgehead atoms. The number of hydrogen-bond acceptors (Lipinski definition) is 2. The molecule has 16 heavy (non-hydrogen) atoms. The molecule has 1 unspecified atom stereocenters. The number of nitrogens with one attached hydrogen (secondary N) is 1. The SMILES string of the molecule is C#CCCNC(CN)c1cc(Br)ccc1Cl. The molecule has 1 rings (SSSR count). The molecule has 86 valence electrons. The van der Waals surface area contributed by atoms with E-state index in [1.54, 1.807) is 0 Å². The van der Waals surface area contributed by atoms with E-state index in [9.17, 15) is 0 Å². The fraction of sp³-hybridized carbons (Fsp3) is 0.333. The van der Waals surface area contributed by atoms with E-state index in [4.69, 9.17) is 23.8 Å². The molecule has 0 spiro atoms. The molecule has 0 aliphatic heterocycles. The third-order valence-electron chi connectivity index (χ3n) is 2.23. The third kappa shape index (κ3) is 3.80. The first-order chi connectivity index (χ1) is 7.69. The van der Waals surface area contributed by atoms with Crippen LogP contribution in [-0.2, 0) is 0 Å². The Bertz CT molecular complexity index is 387. The molecule has 3 N–H and O–H groups in total. The van der Waals surface area contributed by atoms with Crippen LogP contribution < -0.4 is 11.1 Å². The molecule has 1 aromatic rings. The highest BCUT2D eigenvalue weighted by Crippen LogP contribution is 2.26. The molecule has 0 aliphatic rings. The van der Waals surface area contributed by atoms with Gasteiger partial charge in [0.25, 0.3) is 0 Å². The van der Waals surface area contributed by atoms with Crippen LogP contribution in [0.2, 0.25) is 5.02 Å². The van der Waals surface area contributed by atoms with Crippen LogP contribution in [0.5, 0.6) is 0 Å². The van der Waals surface area contributed by atoms with Crippen LogP contribution in [0.4, 0.5) is 0 Å². The van der Waals surface area contributed by atoms with Gasteiger partial charge in [-0.05, 0) is 23.8 Å². The Morgan fingerprint density at radius 3 is 2.94 bits per heavy atom. The van der Waals surface area contributed by atoms with E-state index >= 15 is 0 Å². The van der Waals surface area contributed by atoms with E-state index in [0.29, 0.717) is 18.0 Å². The smallest absolute Gasteiger partial charge is 0.0460 e. The number of rotatable bonds is 5. The van der Waals surface area contributed by atoms with Gasteiger partial charge in [-0.1, -0.05) is 27.5 Å². The molecule has 2 nitrogen and oxygen atoms in total. The molecule has 0 fully saturated rings. The number of benzene rings is 1. The van der Waals surface area contributed by atoms with Crippen molar-refractivity contribution in [2.45, 2.75) is 12.5 Å². The predicted molar refractivity (Wildman–Crippen MR) is 72.4 cm³/mol. The first kappa shape index (κ1) is 13.5. The first-order valence-electron chi connectivity index (χ1n) is 5.01. The Kier molecular flexibility index (Phi) is 5.86. The van der Waals surface area contributed by atoms with Gasteiger partial charge in [-0.15, -0.1) is 12.3 Å². The summed E-state index contributed by atoms with van der Waals surface area (Å²) >= 11 is 9.54.